The van der Waals surface area contributed by atoms with Crippen LogP contribution in [-0.2, 0) is 6.18 Å². The van der Waals surface area contributed by atoms with Crippen molar-refractivity contribution in [1.29, 1.82) is 0 Å². The fourth-order valence-electron chi connectivity index (χ4n) is 2.57. The predicted molar refractivity (Wildman–Crippen MR) is 99.8 cm³/mol. The van der Waals surface area contributed by atoms with Crippen LogP contribution in [0.4, 0.5) is 13.2 Å². The summed E-state index contributed by atoms with van der Waals surface area (Å²) in [5.74, 6) is 0.386. The molecule has 0 aliphatic carbocycles. The van der Waals surface area contributed by atoms with Crippen molar-refractivity contribution in [3.8, 4) is 22.8 Å². The van der Waals surface area contributed by atoms with E-state index in [9.17, 15) is 18.3 Å². The normalized spacial score (nSPS) is 12.8. The third kappa shape index (κ3) is 4.13. The highest BCUT2D eigenvalue weighted by molar-refractivity contribution is 7.99. The van der Waals surface area contributed by atoms with Crippen molar-refractivity contribution in [3.05, 3.63) is 60.0 Å². The minimum atomic E-state index is -4.46. The topological polar surface area (TPSA) is 103 Å². The van der Waals surface area contributed by atoms with Gasteiger partial charge in [-0.25, -0.2) is 0 Å². The summed E-state index contributed by atoms with van der Waals surface area (Å²) in [6.45, 7) is 1.78. The molecule has 0 aliphatic heterocycles. The predicted octanol–water partition coefficient (Wildman–Crippen LogP) is 4.29. The molecule has 2 aromatic carbocycles. The van der Waals surface area contributed by atoms with E-state index in [0.717, 1.165) is 12.1 Å². The number of alkyl halides is 3. The lowest BCUT2D eigenvalue weighted by Crippen LogP contribution is -2.04. The van der Waals surface area contributed by atoms with E-state index in [4.69, 9.17) is 4.52 Å². The molecule has 1 N–H and O–H groups in total. The molecule has 8 nitrogen and oxygen atoms in total. The average Bonchev–Trinajstić information content (AvgIpc) is 3.38. The summed E-state index contributed by atoms with van der Waals surface area (Å²) in [7, 11) is 0. The Morgan fingerprint density at radius 3 is 2.63 bits per heavy atom. The van der Waals surface area contributed by atoms with E-state index in [1.807, 2.05) is 0 Å². The van der Waals surface area contributed by atoms with Crippen LogP contribution in [0.3, 0.4) is 0 Å². The number of tetrazole rings is 1. The first-order chi connectivity index (χ1) is 14.3. The minimum Gasteiger partial charge on any atom is -0.508 e. The summed E-state index contributed by atoms with van der Waals surface area (Å²) < 4.78 is 45.5. The Morgan fingerprint density at radius 2 is 1.90 bits per heavy atom. The van der Waals surface area contributed by atoms with Gasteiger partial charge in [0.25, 0.3) is 0 Å². The van der Waals surface area contributed by atoms with Gasteiger partial charge < -0.3 is 9.63 Å². The first-order valence-electron chi connectivity index (χ1n) is 8.57. The van der Waals surface area contributed by atoms with E-state index < -0.39 is 11.7 Å². The quantitative estimate of drug-likeness (QED) is 0.464. The van der Waals surface area contributed by atoms with Crippen LogP contribution in [0, 0.1) is 0 Å². The maximum atomic E-state index is 12.9. The van der Waals surface area contributed by atoms with Crippen LogP contribution in [0.15, 0.2) is 58.2 Å². The molecule has 0 aliphatic rings. The number of hydrogen-bond donors (Lipinski definition) is 1. The highest BCUT2D eigenvalue weighted by Crippen LogP contribution is 2.35. The highest BCUT2D eigenvalue weighted by Gasteiger charge is 2.31. The SMILES string of the molecule is C[C@H](Sc1nnnn1-c1ccc(O)cc1)c1nc(-c2cccc(C(F)(F)F)c2)no1. The van der Waals surface area contributed by atoms with Crippen LogP contribution >= 0.6 is 11.8 Å². The van der Waals surface area contributed by atoms with Crippen molar-refractivity contribution >= 4 is 11.8 Å². The van der Waals surface area contributed by atoms with E-state index >= 15 is 0 Å². The van der Waals surface area contributed by atoms with Gasteiger partial charge in [-0.1, -0.05) is 29.1 Å². The van der Waals surface area contributed by atoms with Crippen LogP contribution in [0.2, 0.25) is 0 Å². The Morgan fingerprint density at radius 1 is 1.13 bits per heavy atom. The Hall–Kier alpha value is -3.41. The molecule has 1 atom stereocenters. The van der Waals surface area contributed by atoms with E-state index in [1.54, 1.807) is 19.1 Å². The minimum absolute atomic E-state index is 0.0571. The molecule has 4 aromatic rings. The van der Waals surface area contributed by atoms with Gasteiger partial charge in [0, 0.05) is 5.56 Å². The zero-order chi connectivity index (χ0) is 21.3. The Balaban J connectivity index is 1.54. The van der Waals surface area contributed by atoms with Crippen molar-refractivity contribution in [2.75, 3.05) is 0 Å². The van der Waals surface area contributed by atoms with Gasteiger partial charge in [0.2, 0.25) is 16.9 Å². The number of rotatable bonds is 5. The number of phenolic OH excluding ortho intramolecular Hbond substituents is 1. The summed E-state index contributed by atoms with van der Waals surface area (Å²) in [6.07, 6.45) is -4.46. The molecule has 0 radical (unpaired) electrons. The first-order valence-corrected chi connectivity index (χ1v) is 9.45. The lowest BCUT2D eigenvalue weighted by Gasteiger charge is -2.07. The van der Waals surface area contributed by atoms with Crippen molar-refractivity contribution in [3.63, 3.8) is 0 Å². The summed E-state index contributed by atoms with van der Waals surface area (Å²) in [4.78, 5) is 4.22. The number of hydrogen-bond acceptors (Lipinski definition) is 8. The molecule has 0 saturated carbocycles. The van der Waals surface area contributed by atoms with Crippen LogP contribution in [0.25, 0.3) is 17.1 Å². The molecular weight excluding hydrogens is 421 g/mol. The second-order valence-electron chi connectivity index (χ2n) is 6.18. The summed E-state index contributed by atoms with van der Waals surface area (Å²) >= 11 is 1.23. The van der Waals surface area contributed by atoms with E-state index in [2.05, 4.69) is 25.7 Å². The second-order valence-corrected chi connectivity index (χ2v) is 7.49. The third-order valence-electron chi connectivity index (χ3n) is 4.05. The number of phenols is 1. The van der Waals surface area contributed by atoms with Gasteiger partial charge in [0.1, 0.15) is 5.75 Å². The molecule has 0 saturated heterocycles. The summed E-state index contributed by atoms with van der Waals surface area (Å²) in [5.41, 5.74) is 0.0514. The molecule has 2 heterocycles. The average molecular weight is 434 g/mol. The smallest absolute Gasteiger partial charge is 0.416 e. The fraction of sp³-hybridized carbons (Fsp3) is 0.167. The molecule has 0 amide bonds. The van der Waals surface area contributed by atoms with Gasteiger partial charge in [-0.15, -0.1) is 5.10 Å². The number of aromatic nitrogens is 6. The van der Waals surface area contributed by atoms with Gasteiger partial charge in [-0.3, -0.25) is 0 Å². The largest absolute Gasteiger partial charge is 0.508 e. The molecule has 2 aromatic heterocycles. The molecular formula is C18H13F3N6O2S. The summed E-state index contributed by atoms with van der Waals surface area (Å²) in [5, 5.41) is 24.8. The number of thioether (sulfide) groups is 1. The zero-order valence-electron chi connectivity index (χ0n) is 15.3. The molecule has 154 valence electrons. The van der Waals surface area contributed by atoms with E-state index in [-0.39, 0.29) is 28.3 Å². The van der Waals surface area contributed by atoms with E-state index in [0.29, 0.717) is 10.8 Å². The monoisotopic (exact) mass is 434 g/mol. The lowest BCUT2D eigenvalue weighted by atomic mass is 10.1. The number of halogens is 3. The maximum absolute atomic E-state index is 12.9. The van der Waals surface area contributed by atoms with Crippen LogP contribution in [-0.4, -0.2) is 35.5 Å². The Bertz CT molecular complexity index is 1160. The standard InChI is InChI=1S/C18H13F3N6O2S/c1-10(30-17-23-25-26-27(17)13-5-7-14(28)8-6-13)16-22-15(24-29-16)11-3-2-4-12(9-11)18(19,20)21/h2-10,28H,1H3/t10-/m0/s1. The molecule has 0 spiro atoms. The van der Waals surface area contributed by atoms with Gasteiger partial charge in [-0.2, -0.15) is 22.8 Å². The molecule has 0 unspecified atom stereocenters. The van der Waals surface area contributed by atoms with Crippen LogP contribution in [0.1, 0.15) is 23.6 Å². The molecule has 12 heteroatoms. The first kappa shape index (κ1) is 19.9. The Kier molecular flexibility index (Phi) is 5.16. The van der Waals surface area contributed by atoms with Gasteiger partial charge >= 0.3 is 6.18 Å². The Labute approximate surface area is 171 Å². The van der Waals surface area contributed by atoms with Gasteiger partial charge in [0.15, 0.2) is 0 Å². The number of nitrogens with zero attached hydrogens (tertiary/aromatic N) is 6. The maximum Gasteiger partial charge on any atom is 0.416 e. The zero-order valence-corrected chi connectivity index (χ0v) is 16.1. The lowest BCUT2D eigenvalue weighted by molar-refractivity contribution is -0.137. The second kappa shape index (κ2) is 7.78. The van der Waals surface area contributed by atoms with Gasteiger partial charge in [-0.05, 0) is 53.7 Å². The molecule has 0 bridgehead atoms. The molecule has 30 heavy (non-hydrogen) atoms. The molecule has 0 fully saturated rings. The van der Waals surface area contributed by atoms with Crippen LogP contribution in [0.5, 0.6) is 5.75 Å². The van der Waals surface area contributed by atoms with E-state index in [1.165, 1.54) is 40.7 Å². The highest BCUT2D eigenvalue weighted by atomic mass is 32.2. The number of aromatic hydroxyl groups is 1. The van der Waals surface area contributed by atoms with Gasteiger partial charge in [0.05, 0.1) is 16.5 Å². The van der Waals surface area contributed by atoms with Crippen molar-refractivity contribution < 1.29 is 22.8 Å². The van der Waals surface area contributed by atoms with Crippen molar-refractivity contribution in [2.24, 2.45) is 0 Å². The van der Waals surface area contributed by atoms with Crippen molar-refractivity contribution in [2.45, 2.75) is 23.5 Å². The van der Waals surface area contributed by atoms with Crippen LogP contribution < -0.4 is 0 Å². The van der Waals surface area contributed by atoms with Crippen molar-refractivity contribution in [1.82, 2.24) is 30.3 Å². The third-order valence-corrected chi connectivity index (χ3v) is 5.08. The molecule has 4 rings (SSSR count). The fourth-order valence-corrected chi connectivity index (χ4v) is 3.41. The summed E-state index contributed by atoms with van der Waals surface area (Å²) in [6, 6.07) is 11.0. The number of benzene rings is 2.